The lowest BCUT2D eigenvalue weighted by molar-refractivity contribution is 0.0628. The number of fused-ring (bicyclic) bond motifs is 2. The van der Waals surface area contributed by atoms with E-state index >= 15 is 0 Å². The Hall–Kier alpha value is -2.15. The highest BCUT2D eigenvalue weighted by Crippen LogP contribution is 2.40. The van der Waals surface area contributed by atoms with Crippen LogP contribution in [0.4, 0.5) is 5.82 Å². The number of anilines is 1. The van der Waals surface area contributed by atoms with Crippen LogP contribution in [0.25, 0.3) is 5.52 Å². The van der Waals surface area contributed by atoms with E-state index in [0.717, 1.165) is 59.9 Å². The number of ether oxygens (including phenoxy) is 1. The fourth-order valence-corrected chi connectivity index (χ4v) is 4.29. The fraction of sp³-hybridized carbons (Fsp3) is 0.389. The Balaban J connectivity index is 1.42. The average Bonchev–Trinajstić information content (AvgIpc) is 3.23. The van der Waals surface area contributed by atoms with Crippen molar-refractivity contribution in [1.82, 2.24) is 19.6 Å². The van der Waals surface area contributed by atoms with Gasteiger partial charge in [-0.15, -0.1) is 0 Å². The summed E-state index contributed by atoms with van der Waals surface area (Å²) in [5, 5.41) is 4.40. The predicted octanol–water partition coefficient (Wildman–Crippen LogP) is 3.17. The standard InChI is InChI=1S/C18H18BrN5O/c1-12-15(19)24-14(4-8-21-24)16(22-12)23-9-5-18(6-10-23)11-13-3-2-7-20-17(13)25-18/h2-4,7-8H,5-6,9-11H2,1H3. The molecule has 0 atom stereocenters. The lowest BCUT2D eigenvalue weighted by Crippen LogP contribution is -2.47. The van der Waals surface area contributed by atoms with Crippen molar-refractivity contribution in [1.29, 1.82) is 0 Å². The number of rotatable bonds is 1. The predicted molar refractivity (Wildman–Crippen MR) is 98.2 cm³/mol. The highest BCUT2D eigenvalue weighted by atomic mass is 79.9. The maximum Gasteiger partial charge on any atom is 0.217 e. The Kier molecular flexibility index (Phi) is 3.28. The van der Waals surface area contributed by atoms with Gasteiger partial charge < -0.3 is 9.64 Å². The smallest absolute Gasteiger partial charge is 0.217 e. The van der Waals surface area contributed by atoms with Crippen molar-refractivity contribution in [3.63, 3.8) is 0 Å². The number of halogens is 1. The maximum atomic E-state index is 6.25. The Bertz CT molecular complexity index is 934. The van der Waals surface area contributed by atoms with Crippen molar-refractivity contribution in [2.24, 2.45) is 0 Å². The molecule has 2 aliphatic rings. The van der Waals surface area contributed by atoms with E-state index in [9.17, 15) is 0 Å². The monoisotopic (exact) mass is 399 g/mol. The van der Waals surface area contributed by atoms with Crippen LogP contribution >= 0.6 is 15.9 Å². The molecule has 0 N–H and O–H groups in total. The van der Waals surface area contributed by atoms with Crippen LogP contribution in [0, 0.1) is 6.92 Å². The van der Waals surface area contributed by atoms with Gasteiger partial charge in [0.1, 0.15) is 15.7 Å². The minimum Gasteiger partial charge on any atom is -0.470 e. The number of hydrogen-bond acceptors (Lipinski definition) is 5. The molecule has 0 amide bonds. The summed E-state index contributed by atoms with van der Waals surface area (Å²) in [7, 11) is 0. The van der Waals surface area contributed by atoms with Crippen LogP contribution in [0.5, 0.6) is 5.88 Å². The number of aromatic nitrogens is 4. The molecule has 3 aromatic heterocycles. The van der Waals surface area contributed by atoms with Gasteiger partial charge in [0.2, 0.25) is 5.88 Å². The molecule has 0 unspecified atom stereocenters. The lowest BCUT2D eigenvalue weighted by atomic mass is 9.87. The molecule has 5 heterocycles. The first-order chi connectivity index (χ1) is 12.2. The van der Waals surface area contributed by atoms with Crippen LogP contribution in [0.1, 0.15) is 24.1 Å². The Labute approximate surface area is 154 Å². The molecule has 0 saturated carbocycles. The molecule has 7 heteroatoms. The molecule has 1 fully saturated rings. The summed E-state index contributed by atoms with van der Waals surface area (Å²) in [5.74, 6) is 1.81. The van der Waals surface area contributed by atoms with E-state index in [0.29, 0.717) is 0 Å². The Morgan fingerprint density at radius 1 is 1.20 bits per heavy atom. The summed E-state index contributed by atoms with van der Waals surface area (Å²) < 4.78 is 9.07. The zero-order valence-electron chi connectivity index (χ0n) is 13.9. The van der Waals surface area contributed by atoms with Crippen molar-refractivity contribution in [3.05, 3.63) is 46.5 Å². The van der Waals surface area contributed by atoms with Crippen molar-refractivity contribution in [2.45, 2.75) is 31.8 Å². The third-order valence-electron chi connectivity index (χ3n) is 5.28. The van der Waals surface area contributed by atoms with Crippen LogP contribution in [0.2, 0.25) is 0 Å². The summed E-state index contributed by atoms with van der Waals surface area (Å²) in [4.78, 5) is 11.5. The Morgan fingerprint density at radius 2 is 2.04 bits per heavy atom. The van der Waals surface area contributed by atoms with Crippen molar-refractivity contribution in [3.8, 4) is 5.88 Å². The zero-order chi connectivity index (χ0) is 17.0. The van der Waals surface area contributed by atoms with Gasteiger partial charge in [0.15, 0.2) is 5.82 Å². The number of nitrogens with zero attached hydrogens (tertiary/aromatic N) is 5. The quantitative estimate of drug-likeness (QED) is 0.628. The molecule has 0 bridgehead atoms. The number of aryl methyl sites for hydroxylation is 1. The topological polar surface area (TPSA) is 55.5 Å². The molecular formula is C18H18BrN5O. The highest BCUT2D eigenvalue weighted by Gasteiger charge is 2.43. The zero-order valence-corrected chi connectivity index (χ0v) is 15.5. The second kappa shape index (κ2) is 5.42. The van der Waals surface area contributed by atoms with Gasteiger partial charge in [0.05, 0.1) is 11.9 Å². The maximum absolute atomic E-state index is 6.25. The van der Waals surface area contributed by atoms with Gasteiger partial charge >= 0.3 is 0 Å². The molecule has 5 rings (SSSR count). The molecule has 128 valence electrons. The van der Waals surface area contributed by atoms with Gasteiger partial charge in [0, 0.05) is 44.1 Å². The molecular weight excluding hydrogens is 382 g/mol. The second-order valence-electron chi connectivity index (χ2n) is 6.86. The van der Waals surface area contributed by atoms with E-state index in [2.05, 4.69) is 37.0 Å². The van der Waals surface area contributed by atoms with E-state index in [4.69, 9.17) is 9.72 Å². The minimum absolute atomic E-state index is 0.103. The molecule has 3 aromatic rings. The molecule has 2 aliphatic heterocycles. The normalized spacial score (nSPS) is 18.6. The summed E-state index contributed by atoms with van der Waals surface area (Å²) in [6, 6.07) is 6.13. The molecule has 6 nitrogen and oxygen atoms in total. The van der Waals surface area contributed by atoms with Crippen molar-refractivity contribution < 1.29 is 4.74 Å². The van der Waals surface area contributed by atoms with Gasteiger partial charge in [-0.2, -0.15) is 5.10 Å². The largest absolute Gasteiger partial charge is 0.470 e. The van der Waals surface area contributed by atoms with Crippen LogP contribution in [0.3, 0.4) is 0 Å². The van der Waals surface area contributed by atoms with Crippen LogP contribution in [0.15, 0.2) is 35.2 Å². The number of piperidine rings is 1. The van der Waals surface area contributed by atoms with Crippen molar-refractivity contribution >= 4 is 27.3 Å². The van der Waals surface area contributed by atoms with E-state index < -0.39 is 0 Å². The lowest BCUT2D eigenvalue weighted by Gasteiger charge is -2.39. The van der Waals surface area contributed by atoms with Crippen molar-refractivity contribution in [2.75, 3.05) is 18.0 Å². The number of hydrogen-bond donors (Lipinski definition) is 0. The molecule has 1 spiro atoms. The van der Waals surface area contributed by atoms with E-state index in [1.54, 1.807) is 6.20 Å². The van der Waals surface area contributed by atoms with E-state index in [1.165, 1.54) is 5.56 Å². The third kappa shape index (κ3) is 2.33. The summed E-state index contributed by atoms with van der Waals surface area (Å²) in [6.45, 7) is 3.84. The highest BCUT2D eigenvalue weighted by molar-refractivity contribution is 9.10. The van der Waals surface area contributed by atoms with Gasteiger partial charge in [-0.1, -0.05) is 6.07 Å². The van der Waals surface area contributed by atoms with Crippen LogP contribution < -0.4 is 9.64 Å². The van der Waals surface area contributed by atoms with Crippen LogP contribution in [-0.4, -0.2) is 38.3 Å². The number of pyridine rings is 1. The molecule has 0 aromatic carbocycles. The molecule has 25 heavy (non-hydrogen) atoms. The minimum atomic E-state index is -0.103. The molecule has 1 saturated heterocycles. The summed E-state index contributed by atoms with van der Waals surface area (Å²) in [5.41, 5.74) is 3.10. The van der Waals surface area contributed by atoms with Crippen LogP contribution in [-0.2, 0) is 6.42 Å². The van der Waals surface area contributed by atoms with Gasteiger partial charge in [-0.05, 0) is 35.0 Å². The average molecular weight is 400 g/mol. The second-order valence-corrected chi connectivity index (χ2v) is 7.61. The Morgan fingerprint density at radius 3 is 2.84 bits per heavy atom. The fourth-order valence-electron chi connectivity index (χ4n) is 3.92. The van der Waals surface area contributed by atoms with E-state index in [1.807, 2.05) is 29.8 Å². The first-order valence-corrected chi connectivity index (χ1v) is 9.32. The third-order valence-corrected chi connectivity index (χ3v) is 6.19. The van der Waals surface area contributed by atoms with Gasteiger partial charge in [-0.25, -0.2) is 14.5 Å². The van der Waals surface area contributed by atoms with E-state index in [-0.39, 0.29) is 5.60 Å². The van der Waals surface area contributed by atoms with Gasteiger partial charge in [0.25, 0.3) is 0 Å². The SMILES string of the molecule is Cc1nc(N2CCC3(CC2)Cc2cccnc2O3)c2ccnn2c1Br. The van der Waals surface area contributed by atoms with Gasteiger partial charge in [-0.3, -0.25) is 0 Å². The molecule has 0 aliphatic carbocycles. The summed E-state index contributed by atoms with van der Waals surface area (Å²) in [6.07, 6.45) is 6.52. The molecule has 0 radical (unpaired) electrons. The first kappa shape index (κ1) is 15.1. The summed E-state index contributed by atoms with van der Waals surface area (Å²) >= 11 is 3.58. The first-order valence-electron chi connectivity index (χ1n) is 8.53.